The van der Waals surface area contributed by atoms with Crippen molar-refractivity contribution in [2.75, 3.05) is 29.8 Å². The van der Waals surface area contributed by atoms with Crippen LogP contribution in [0.2, 0.25) is 0 Å². The Kier molecular flexibility index (Phi) is 5.16. The molecule has 2 aliphatic rings. The van der Waals surface area contributed by atoms with Gasteiger partial charge in [0.1, 0.15) is 17.5 Å². The SMILES string of the molecule is CN1CCC2C(C1)NS(=O)(=O)N2c1ccc2cnc(Nc3ccc(-n4cccn4)cc3F)cc2n1. The summed E-state index contributed by atoms with van der Waals surface area (Å²) in [5.41, 5.74) is 1.41. The van der Waals surface area contributed by atoms with Crippen LogP contribution in [0.5, 0.6) is 0 Å². The van der Waals surface area contributed by atoms with E-state index in [1.807, 2.05) is 7.05 Å². The van der Waals surface area contributed by atoms with Crippen LogP contribution in [0.25, 0.3) is 16.6 Å². The molecule has 4 aromatic rings. The van der Waals surface area contributed by atoms with Crippen molar-refractivity contribution < 1.29 is 12.8 Å². The molecule has 0 amide bonds. The van der Waals surface area contributed by atoms with Crippen molar-refractivity contribution in [2.24, 2.45) is 0 Å². The smallest absolute Gasteiger partial charge is 0.303 e. The maximum absolute atomic E-state index is 14.8. The van der Waals surface area contributed by atoms with Gasteiger partial charge in [-0.05, 0) is 50.3 Å². The molecular weight excluding hydrogens is 471 g/mol. The first kappa shape index (κ1) is 21.9. The summed E-state index contributed by atoms with van der Waals surface area (Å²) >= 11 is 0. The van der Waals surface area contributed by atoms with Gasteiger partial charge < -0.3 is 10.2 Å². The number of anilines is 3. The first-order valence-corrected chi connectivity index (χ1v) is 12.6. The third kappa shape index (κ3) is 3.99. The molecule has 2 saturated heterocycles. The highest BCUT2D eigenvalue weighted by molar-refractivity contribution is 7.91. The second-order valence-electron chi connectivity index (χ2n) is 8.81. The fourth-order valence-corrected chi connectivity index (χ4v) is 6.41. The minimum Gasteiger partial charge on any atom is -0.338 e. The summed E-state index contributed by atoms with van der Waals surface area (Å²) in [6, 6.07) is 11.3. The number of nitrogens with zero attached hydrogens (tertiary/aromatic N) is 6. The molecule has 2 atom stereocenters. The van der Waals surface area contributed by atoms with E-state index in [2.05, 4.69) is 30.0 Å². The van der Waals surface area contributed by atoms with Gasteiger partial charge in [-0.15, -0.1) is 0 Å². The molecule has 2 unspecified atom stereocenters. The molecule has 35 heavy (non-hydrogen) atoms. The standard InChI is InChI=1S/C23H23FN8O2S/c1-30-10-7-21-20(14-30)29-35(33,34)32(21)23-6-3-15-13-25-22(12-19(15)28-23)27-18-5-4-16(11-17(18)24)31-9-2-8-26-31/h2-6,8-9,11-13,20-21,29H,7,10,14H2,1H3,(H,25,27). The van der Waals surface area contributed by atoms with E-state index in [1.165, 1.54) is 10.4 Å². The number of benzene rings is 1. The molecule has 0 spiro atoms. The van der Waals surface area contributed by atoms with Gasteiger partial charge in [0.15, 0.2) is 0 Å². The van der Waals surface area contributed by atoms with Gasteiger partial charge in [0.2, 0.25) is 0 Å². The van der Waals surface area contributed by atoms with Crippen LogP contribution in [0, 0.1) is 5.82 Å². The second-order valence-corrected chi connectivity index (χ2v) is 10.4. The third-order valence-electron chi connectivity index (χ3n) is 6.41. The lowest BCUT2D eigenvalue weighted by Crippen LogP contribution is -2.50. The number of nitrogens with one attached hydrogen (secondary N) is 2. The minimum atomic E-state index is -3.70. The van der Waals surface area contributed by atoms with Crippen LogP contribution in [-0.2, 0) is 10.2 Å². The highest BCUT2D eigenvalue weighted by Crippen LogP contribution is 2.32. The van der Waals surface area contributed by atoms with Gasteiger partial charge in [0.05, 0.1) is 29.0 Å². The summed E-state index contributed by atoms with van der Waals surface area (Å²) in [5, 5.41) is 7.85. The Morgan fingerprint density at radius 1 is 1.20 bits per heavy atom. The maximum atomic E-state index is 14.8. The average Bonchev–Trinajstić information content (AvgIpc) is 3.45. The maximum Gasteiger partial charge on any atom is 0.303 e. The van der Waals surface area contributed by atoms with Crippen LogP contribution in [0.3, 0.4) is 0 Å². The number of piperidine rings is 1. The zero-order chi connectivity index (χ0) is 24.2. The molecule has 0 aliphatic carbocycles. The van der Waals surface area contributed by atoms with Gasteiger partial charge in [0.25, 0.3) is 0 Å². The molecule has 1 aromatic carbocycles. The lowest BCUT2D eigenvalue weighted by atomic mass is 10.0. The van der Waals surface area contributed by atoms with Gasteiger partial charge in [-0.25, -0.2) is 23.3 Å². The number of rotatable bonds is 4. The van der Waals surface area contributed by atoms with Gasteiger partial charge in [-0.2, -0.15) is 18.2 Å². The Morgan fingerprint density at radius 2 is 2.09 bits per heavy atom. The number of hydrogen-bond donors (Lipinski definition) is 2. The van der Waals surface area contributed by atoms with Gasteiger partial charge in [-0.3, -0.25) is 0 Å². The van der Waals surface area contributed by atoms with E-state index < -0.39 is 16.0 Å². The molecule has 5 heterocycles. The zero-order valence-electron chi connectivity index (χ0n) is 18.8. The van der Waals surface area contributed by atoms with Crippen LogP contribution in [0.15, 0.2) is 61.1 Å². The molecule has 12 heteroatoms. The van der Waals surface area contributed by atoms with E-state index in [0.717, 1.165) is 11.9 Å². The fourth-order valence-electron chi connectivity index (χ4n) is 4.72. The predicted octanol–water partition coefficient (Wildman–Crippen LogP) is 2.43. The monoisotopic (exact) mass is 494 g/mol. The van der Waals surface area contributed by atoms with E-state index in [9.17, 15) is 12.8 Å². The number of halogens is 1. The van der Waals surface area contributed by atoms with Gasteiger partial charge in [-0.1, -0.05) is 0 Å². The zero-order valence-corrected chi connectivity index (χ0v) is 19.7. The van der Waals surface area contributed by atoms with E-state index in [0.29, 0.717) is 35.8 Å². The molecule has 2 aliphatic heterocycles. The Morgan fingerprint density at radius 3 is 2.89 bits per heavy atom. The van der Waals surface area contributed by atoms with Crippen LogP contribution in [0.4, 0.5) is 21.7 Å². The summed E-state index contributed by atoms with van der Waals surface area (Å²) in [6.45, 7) is 1.46. The van der Waals surface area contributed by atoms with Crippen molar-refractivity contribution in [1.82, 2.24) is 29.4 Å². The number of pyridine rings is 2. The Hall–Kier alpha value is -3.61. The predicted molar refractivity (Wildman–Crippen MR) is 131 cm³/mol. The van der Waals surface area contributed by atoms with E-state index in [1.54, 1.807) is 59.7 Å². The van der Waals surface area contributed by atoms with Crippen LogP contribution in [-0.4, -0.2) is 65.3 Å². The highest BCUT2D eigenvalue weighted by Gasteiger charge is 2.47. The summed E-state index contributed by atoms with van der Waals surface area (Å²) < 4.78 is 46.3. The van der Waals surface area contributed by atoms with Crippen molar-refractivity contribution in [3.05, 3.63) is 66.9 Å². The van der Waals surface area contributed by atoms with Crippen LogP contribution >= 0.6 is 0 Å². The van der Waals surface area contributed by atoms with Crippen LogP contribution in [0.1, 0.15) is 6.42 Å². The fraction of sp³-hybridized carbons (Fsp3) is 0.261. The third-order valence-corrected chi connectivity index (χ3v) is 7.99. The Balaban J connectivity index is 1.30. The van der Waals surface area contributed by atoms with Crippen molar-refractivity contribution in [3.8, 4) is 5.69 Å². The normalized spacial score (nSPS) is 21.8. The molecule has 2 N–H and O–H groups in total. The lowest BCUT2D eigenvalue weighted by Gasteiger charge is -2.33. The van der Waals surface area contributed by atoms with E-state index >= 15 is 0 Å². The molecular formula is C23H23FN8O2S. The van der Waals surface area contributed by atoms with Gasteiger partial charge in [0, 0.05) is 42.7 Å². The molecule has 0 saturated carbocycles. The summed E-state index contributed by atoms with van der Waals surface area (Å²) in [6.07, 6.45) is 5.70. The van der Waals surface area contributed by atoms with Crippen molar-refractivity contribution >= 4 is 38.4 Å². The number of likely N-dealkylation sites (tertiary alicyclic amines) is 1. The van der Waals surface area contributed by atoms with Crippen molar-refractivity contribution in [1.29, 1.82) is 0 Å². The first-order valence-electron chi connectivity index (χ1n) is 11.2. The summed E-state index contributed by atoms with van der Waals surface area (Å²) in [4.78, 5) is 11.1. The molecule has 180 valence electrons. The summed E-state index contributed by atoms with van der Waals surface area (Å²) in [7, 11) is -1.71. The first-order chi connectivity index (χ1) is 16.9. The van der Waals surface area contributed by atoms with Crippen molar-refractivity contribution in [2.45, 2.75) is 18.5 Å². The number of likely N-dealkylation sites (N-methyl/N-ethyl adjacent to an activating group) is 1. The number of fused-ring (bicyclic) bond motifs is 2. The van der Waals surface area contributed by atoms with E-state index in [4.69, 9.17) is 0 Å². The topological polar surface area (TPSA) is 108 Å². The highest BCUT2D eigenvalue weighted by atomic mass is 32.2. The Bertz CT molecular complexity index is 1510. The largest absolute Gasteiger partial charge is 0.338 e. The molecule has 0 radical (unpaired) electrons. The van der Waals surface area contributed by atoms with E-state index in [-0.39, 0.29) is 17.8 Å². The van der Waals surface area contributed by atoms with Gasteiger partial charge >= 0.3 is 10.2 Å². The molecule has 10 nitrogen and oxygen atoms in total. The quantitative estimate of drug-likeness (QED) is 0.449. The Labute approximate surface area is 201 Å². The number of hydrogen-bond acceptors (Lipinski definition) is 7. The lowest BCUT2D eigenvalue weighted by molar-refractivity contribution is 0.231. The molecule has 6 rings (SSSR count). The number of aromatic nitrogens is 4. The molecule has 3 aromatic heterocycles. The average molecular weight is 495 g/mol. The molecule has 0 bridgehead atoms. The minimum absolute atomic E-state index is 0.182. The van der Waals surface area contributed by atoms with Crippen molar-refractivity contribution in [3.63, 3.8) is 0 Å². The summed E-state index contributed by atoms with van der Waals surface area (Å²) in [5.74, 6) is 0.297. The molecule has 2 fully saturated rings. The van der Waals surface area contributed by atoms with Crippen LogP contribution < -0.4 is 14.3 Å². The second kappa shape index (κ2) is 8.26.